The molecule has 2 aliphatic rings. The predicted molar refractivity (Wildman–Crippen MR) is 160 cm³/mol. The van der Waals surface area contributed by atoms with Gasteiger partial charge in [0.15, 0.2) is 0 Å². The molecule has 5 atom stereocenters. The molecule has 2 fully saturated rings. The Morgan fingerprint density at radius 2 is 1.51 bits per heavy atom. The highest BCUT2D eigenvalue weighted by atomic mass is 35.5. The van der Waals surface area contributed by atoms with Crippen molar-refractivity contribution in [1.82, 2.24) is 0 Å². The van der Waals surface area contributed by atoms with E-state index in [-0.39, 0.29) is 13.2 Å². The molecule has 1 N–H and O–H groups in total. The van der Waals surface area contributed by atoms with Gasteiger partial charge in [0.05, 0.1) is 20.3 Å². The highest BCUT2D eigenvalue weighted by molar-refractivity contribution is 6.31. The molecule has 2 aromatic rings. The molecule has 4 rings (SSSR count). The highest BCUT2D eigenvalue weighted by Crippen LogP contribution is 2.52. The number of hydrogen-bond acceptors (Lipinski definition) is 7. The summed E-state index contributed by atoms with van der Waals surface area (Å²) >= 11 is 6.72. The molecule has 2 saturated heterocycles. The van der Waals surface area contributed by atoms with Gasteiger partial charge in [0.2, 0.25) is 5.79 Å². The number of benzene rings is 2. The zero-order valence-electron chi connectivity index (χ0n) is 25.0. The molecule has 228 valence electrons. The third-order valence-corrected chi connectivity index (χ3v) is 8.41. The normalized spacial score (nSPS) is 27.3. The van der Waals surface area contributed by atoms with E-state index in [1.807, 2.05) is 42.5 Å². The Morgan fingerprint density at radius 3 is 2.12 bits per heavy atom. The number of aliphatic hydroxyl groups excluding tert-OH is 1. The summed E-state index contributed by atoms with van der Waals surface area (Å²) in [5.41, 5.74) is 1.75. The van der Waals surface area contributed by atoms with Crippen LogP contribution in [-0.4, -0.2) is 69.2 Å². The Balaban J connectivity index is 1.74. The van der Waals surface area contributed by atoms with Crippen LogP contribution in [0.15, 0.2) is 42.5 Å². The zero-order chi connectivity index (χ0) is 29.3. The smallest absolute Gasteiger partial charge is 0.225 e. The molecule has 7 nitrogen and oxygen atoms in total. The second kappa shape index (κ2) is 15.1. The highest BCUT2D eigenvalue weighted by Gasteiger charge is 2.69. The monoisotopic (exact) mass is 590 g/mol. The van der Waals surface area contributed by atoms with Crippen molar-refractivity contribution in [2.24, 2.45) is 0 Å². The molecule has 3 unspecified atom stereocenters. The first-order chi connectivity index (χ1) is 20.0. The molecule has 41 heavy (non-hydrogen) atoms. The van der Waals surface area contributed by atoms with Crippen molar-refractivity contribution < 1.29 is 33.5 Å². The summed E-state index contributed by atoms with van der Waals surface area (Å²) in [4.78, 5) is 0. The summed E-state index contributed by atoms with van der Waals surface area (Å²) in [6, 6.07) is 13.8. The summed E-state index contributed by atoms with van der Waals surface area (Å²) in [6.45, 7) is 7.94. The number of methoxy groups -OCH3 is 1. The second-order valence-electron chi connectivity index (χ2n) is 11.1. The Labute approximate surface area is 250 Å². The number of fused-ring (bicyclic) bond motifs is 2. The van der Waals surface area contributed by atoms with Crippen molar-refractivity contribution in [2.45, 2.75) is 95.4 Å². The first-order valence-corrected chi connectivity index (χ1v) is 15.6. The molecule has 2 aliphatic heterocycles. The van der Waals surface area contributed by atoms with E-state index in [4.69, 9.17) is 40.0 Å². The minimum atomic E-state index is -1.28. The van der Waals surface area contributed by atoms with Gasteiger partial charge in [-0.2, -0.15) is 0 Å². The zero-order valence-corrected chi connectivity index (χ0v) is 25.8. The lowest BCUT2D eigenvalue weighted by atomic mass is 9.83. The molecule has 0 aliphatic carbocycles. The predicted octanol–water partition coefficient (Wildman–Crippen LogP) is 6.44. The fourth-order valence-corrected chi connectivity index (χ4v) is 5.79. The van der Waals surface area contributed by atoms with E-state index in [0.29, 0.717) is 31.3 Å². The Bertz CT molecular complexity index is 1080. The van der Waals surface area contributed by atoms with Crippen LogP contribution in [0.5, 0.6) is 5.75 Å². The van der Waals surface area contributed by atoms with Gasteiger partial charge in [-0.1, -0.05) is 69.8 Å². The first-order valence-electron chi connectivity index (χ1n) is 15.2. The van der Waals surface area contributed by atoms with Gasteiger partial charge in [-0.05, 0) is 61.1 Å². The maximum absolute atomic E-state index is 10.8. The molecule has 2 aromatic carbocycles. The largest absolute Gasteiger partial charge is 0.497 e. The lowest BCUT2D eigenvalue weighted by Gasteiger charge is -2.50. The molecule has 8 heteroatoms. The maximum atomic E-state index is 10.8. The van der Waals surface area contributed by atoms with Gasteiger partial charge in [0, 0.05) is 30.4 Å². The minimum absolute atomic E-state index is 0.165. The Kier molecular flexibility index (Phi) is 11.9. The minimum Gasteiger partial charge on any atom is -0.497 e. The average molecular weight is 591 g/mol. The fourth-order valence-electron chi connectivity index (χ4n) is 5.61. The second-order valence-corrected chi connectivity index (χ2v) is 11.5. The molecule has 0 aromatic heterocycles. The molecule has 0 spiro atoms. The van der Waals surface area contributed by atoms with Crippen LogP contribution in [0.1, 0.15) is 76.0 Å². The van der Waals surface area contributed by atoms with Gasteiger partial charge in [-0.15, -0.1) is 0 Å². The number of hydrogen-bond donors (Lipinski definition) is 1. The van der Waals surface area contributed by atoms with Crippen molar-refractivity contribution in [3.63, 3.8) is 0 Å². The maximum Gasteiger partial charge on any atom is 0.225 e. The lowest BCUT2D eigenvalue weighted by Crippen LogP contribution is -2.67. The van der Waals surface area contributed by atoms with Crippen LogP contribution in [0.3, 0.4) is 0 Å². The standard InChI is InChI=1S/C33H47ClO7/c1-5-8-17-37-29-30(38-18-9-6-2)32(22-35)23-40-33(41-32,31(29)39-19-10-7-3)26-13-16-28(34)25(21-26)20-24-11-14-27(36-4)15-12-24/h11-16,21,29-31,35H,5-10,17-20,22-23H2,1-4H3/t29-,30-,31?,32?,33?/m0/s1. The third kappa shape index (κ3) is 7.10. The third-order valence-electron chi connectivity index (χ3n) is 8.04. The van der Waals surface area contributed by atoms with E-state index >= 15 is 0 Å². The van der Waals surface area contributed by atoms with E-state index in [1.54, 1.807) is 7.11 Å². The van der Waals surface area contributed by atoms with Gasteiger partial charge in [-0.3, -0.25) is 0 Å². The SMILES string of the molecule is CCCCOC1[C@@H](OCCCC)[C@H](OCCCC)C2(CO)COC1(c1ccc(Cl)c(Cc3ccc(OC)cc3)c1)O2. The van der Waals surface area contributed by atoms with Crippen LogP contribution in [0.25, 0.3) is 0 Å². The number of halogens is 1. The summed E-state index contributed by atoms with van der Waals surface area (Å²) in [6.07, 6.45) is 4.70. The van der Waals surface area contributed by atoms with Crippen LogP contribution >= 0.6 is 11.6 Å². The van der Waals surface area contributed by atoms with Crippen LogP contribution in [-0.2, 0) is 35.9 Å². The number of aliphatic hydroxyl groups is 1. The fraction of sp³-hybridized carbons (Fsp3) is 0.636. The molecular weight excluding hydrogens is 544 g/mol. The summed E-state index contributed by atoms with van der Waals surface area (Å²) in [7, 11) is 1.66. The number of rotatable bonds is 17. The van der Waals surface area contributed by atoms with Crippen molar-refractivity contribution in [3.8, 4) is 5.75 Å². The quantitative estimate of drug-likeness (QED) is 0.212. The van der Waals surface area contributed by atoms with Gasteiger partial charge < -0.3 is 33.5 Å². The lowest BCUT2D eigenvalue weighted by molar-refractivity contribution is -0.349. The first kappa shape index (κ1) is 32.2. The van der Waals surface area contributed by atoms with Gasteiger partial charge in [0.25, 0.3) is 0 Å². The van der Waals surface area contributed by atoms with Crippen molar-refractivity contribution in [3.05, 3.63) is 64.2 Å². The van der Waals surface area contributed by atoms with Crippen LogP contribution in [0.4, 0.5) is 0 Å². The molecular formula is C33H47ClO7. The Hall–Kier alpha value is -1.71. The summed E-state index contributed by atoms with van der Waals surface area (Å²) < 4.78 is 38.4. The summed E-state index contributed by atoms with van der Waals surface area (Å²) in [5.74, 6) is -0.475. The van der Waals surface area contributed by atoms with E-state index < -0.39 is 29.7 Å². The number of unbranched alkanes of at least 4 members (excludes halogenated alkanes) is 3. The van der Waals surface area contributed by atoms with Crippen LogP contribution in [0, 0.1) is 0 Å². The molecule has 0 radical (unpaired) electrons. The van der Waals surface area contributed by atoms with Crippen molar-refractivity contribution >= 4 is 11.6 Å². The summed E-state index contributed by atoms with van der Waals surface area (Å²) in [5, 5.41) is 11.4. The topological polar surface area (TPSA) is 75.6 Å². The van der Waals surface area contributed by atoms with E-state index in [0.717, 1.165) is 61.0 Å². The molecule has 2 heterocycles. The number of ether oxygens (including phenoxy) is 6. The van der Waals surface area contributed by atoms with Crippen molar-refractivity contribution in [2.75, 3.05) is 40.1 Å². The van der Waals surface area contributed by atoms with Gasteiger partial charge >= 0.3 is 0 Å². The molecule has 0 saturated carbocycles. The van der Waals surface area contributed by atoms with E-state index in [9.17, 15) is 5.11 Å². The van der Waals surface area contributed by atoms with Gasteiger partial charge in [0.1, 0.15) is 29.7 Å². The Morgan fingerprint density at radius 1 is 0.878 bits per heavy atom. The van der Waals surface area contributed by atoms with Crippen LogP contribution < -0.4 is 4.74 Å². The molecule has 2 bridgehead atoms. The van der Waals surface area contributed by atoms with Crippen molar-refractivity contribution in [1.29, 1.82) is 0 Å². The average Bonchev–Trinajstić information content (AvgIpc) is 3.35. The van der Waals surface area contributed by atoms with E-state index in [2.05, 4.69) is 20.8 Å². The molecule has 0 amide bonds. The van der Waals surface area contributed by atoms with Crippen LogP contribution in [0.2, 0.25) is 5.02 Å². The van der Waals surface area contributed by atoms with E-state index in [1.165, 1.54) is 0 Å². The van der Waals surface area contributed by atoms with Gasteiger partial charge in [-0.25, -0.2) is 0 Å².